The van der Waals surface area contributed by atoms with E-state index >= 15 is 0 Å². The molecule has 0 amide bonds. The van der Waals surface area contributed by atoms with Crippen molar-refractivity contribution in [2.24, 2.45) is 5.92 Å². The minimum atomic E-state index is -0.887. The van der Waals surface area contributed by atoms with Crippen LogP contribution >= 0.6 is 0 Å². The predicted molar refractivity (Wildman–Crippen MR) is 63.1 cm³/mol. The molecule has 0 aromatic heterocycles. The molecule has 3 unspecified atom stereocenters. The van der Waals surface area contributed by atoms with Crippen molar-refractivity contribution >= 4 is 5.78 Å². The van der Waals surface area contributed by atoms with Crippen molar-refractivity contribution in [3.8, 4) is 0 Å². The van der Waals surface area contributed by atoms with Crippen molar-refractivity contribution in [3.63, 3.8) is 0 Å². The van der Waals surface area contributed by atoms with Gasteiger partial charge in [-0.1, -0.05) is 12.1 Å². The molecule has 0 aliphatic carbocycles. The third-order valence-electron chi connectivity index (χ3n) is 4.11. The number of carbonyl (C=O) groups is 1. The molecule has 2 nitrogen and oxygen atoms in total. The summed E-state index contributed by atoms with van der Waals surface area (Å²) in [6.45, 7) is 0. The van der Waals surface area contributed by atoms with Gasteiger partial charge in [0.2, 0.25) is 0 Å². The van der Waals surface area contributed by atoms with E-state index in [4.69, 9.17) is 0 Å². The van der Waals surface area contributed by atoms with Crippen LogP contribution in [0, 0.1) is 17.6 Å². The summed E-state index contributed by atoms with van der Waals surface area (Å²) >= 11 is 0. The third-order valence-corrected chi connectivity index (χ3v) is 4.11. The van der Waals surface area contributed by atoms with Gasteiger partial charge in [0.1, 0.15) is 5.78 Å². The molecular weight excluding hydrogens is 236 g/mol. The molecule has 1 aromatic carbocycles. The van der Waals surface area contributed by atoms with Gasteiger partial charge >= 0.3 is 0 Å². The number of nitrogens with one attached hydrogen (secondary N) is 1. The lowest BCUT2D eigenvalue weighted by atomic mass is 9.84. The Morgan fingerprint density at radius 3 is 2.83 bits per heavy atom. The van der Waals surface area contributed by atoms with Crippen LogP contribution in [0.4, 0.5) is 8.78 Å². The van der Waals surface area contributed by atoms with Gasteiger partial charge in [-0.05, 0) is 30.9 Å². The van der Waals surface area contributed by atoms with Crippen LogP contribution < -0.4 is 5.32 Å². The smallest absolute Gasteiger partial charge is 0.162 e. The first-order chi connectivity index (χ1) is 8.65. The van der Waals surface area contributed by atoms with Gasteiger partial charge in [-0.2, -0.15) is 0 Å². The fourth-order valence-electron chi connectivity index (χ4n) is 3.18. The average Bonchev–Trinajstić information content (AvgIpc) is 2.97. The summed E-state index contributed by atoms with van der Waals surface area (Å²) in [5.41, 5.74) is 0.169. The summed E-state index contributed by atoms with van der Waals surface area (Å²) in [5.74, 6) is -1.76. The molecule has 2 fully saturated rings. The molecule has 0 saturated carbocycles. The Labute approximate surface area is 104 Å². The summed E-state index contributed by atoms with van der Waals surface area (Å²) < 4.78 is 26.6. The lowest BCUT2D eigenvalue weighted by Gasteiger charge is -2.18. The fourth-order valence-corrected chi connectivity index (χ4v) is 3.18. The highest BCUT2D eigenvalue weighted by molar-refractivity contribution is 5.84. The van der Waals surface area contributed by atoms with E-state index in [9.17, 15) is 13.6 Å². The van der Waals surface area contributed by atoms with Crippen LogP contribution in [0.5, 0.6) is 0 Å². The van der Waals surface area contributed by atoms with E-state index in [0.717, 1.165) is 25.3 Å². The second-order valence-electron chi connectivity index (χ2n) is 5.25. The Morgan fingerprint density at radius 2 is 2.17 bits per heavy atom. The van der Waals surface area contributed by atoms with Crippen LogP contribution in [-0.4, -0.2) is 17.9 Å². The first-order valence-corrected chi connectivity index (χ1v) is 6.37. The largest absolute Gasteiger partial charge is 0.310 e. The number of Topliss-reactive ketones (excluding diaryl/α,β-unsaturated/α-hetero) is 1. The van der Waals surface area contributed by atoms with Gasteiger partial charge < -0.3 is 5.32 Å². The Bertz CT molecular complexity index is 489. The second kappa shape index (κ2) is 4.43. The molecule has 96 valence electrons. The zero-order valence-electron chi connectivity index (χ0n) is 9.96. The monoisotopic (exact) mass is 251 g/mol. The van der Waals surface area contributed by atoms with Gasteiger partial charge in [0.15, 0.2) is 11.6 Å². The zero-order valence-corrected chi connectivity index (χ0v) is 9.96. The average molecular weight is 251 g/mol. The number of carbonyl (C=O) groups excluding carboxylic acids is 1. The summed E-state index contributed by atoms with van der Waals surface area (Å²) in [6, 6.07) is 4.69. The molecule has 3 atom stereocenters. The van der Waals surface area contributed by atoms with Crippen molar-refractivity contribution in [1.82, 2.24) is 5.32 Å². The van der Waals surface area contributed by atoms with Crippen molar-refractivity contribution in [2.45, 2.75) is 37.8 Å². The van der Waals surface area contributed by atoms with Gasteiger partial charge in [-0.15, -0.1) is 0 Å². The molecule has 2 heterocycles. The molecule has 0 spiro atoms. The number of ketones is 1. The standard InChI is InChI=1S/C14H15F2NO/c15-11-3-1-2-8(14(11)16)6-13(18)10-7-9-4-5-12(10)17-9/h1-3,9-10,12,17H,4-7H2. The zero-order chi connectivity index (χ0) is 12.7. The van der Waals surface area contributed by atoms with E-state index in [2.05, 4.69) is 5.32 Å². The Balaban J connectivity index is 1.73. The number of hydrogen-bond acceptors (Lipinski definition) is 2. The van der Waals surface area contributed by atoms with Gasteiger partial charge in [-0.25, -0.2) is 8.78 Å². The lowest BCUT2D eigenvalue weighted by molar-refractivity contribution is -0.122. The maximum Gasteiger partial charge on any atom is 0.162 e. The number of rotatable bonds is 3. The van der Waals surface area contributed by atoms with E-state index in [0.29, 0.717) is 6.04 Å². The SMILES string of the molecule is O=C(Cc1cccc(F)c1F)C1CC2CCC1N2. The molecule has 0 radical (unpaired) electrons. The van der Waals surface area contributed by atoms with Crippen LogP contribution in [0.25, 0.3) is 0 Å². The normalized spacial score (nSPS) is 29.8. The Hall–Kier alpha value is -1.29. The van der Waals surface area contributed by atoms with Crippen LogP contribution in [-0.2, 0) is 11.2 Å². The quantitative estimate of drug-likeness (QED) is 0.892. The van der Waals surface area contributed by atoms with Gasteiger partial charge in [0, 0.05) is 24.4 Å². The van der Waals surface area contributed by atoms with Crippen molar-refractivity contribution < 1.29 is 13.6 Å². The molecule has 3 rings (SSSR count). The number of hydrogen-bond donors (Lipinski definition) is 1. The molecular formula is C14H15F2NO. The van der Waals surface area contributed by atoms with E-state index in [1.54, 1.807) is 0 Å². The molecule has 4 heteroatoms. The number of benzene rings is 1. The first-order valence-electron chi connectivity index (χ1n) is 6.37. The van der Waals surface area contributed by atoms with E-state index in [1.807, 2.05) is 0 Å². The minimum absolute atomic E-state index is 0.000833. The summed E-state index contributed by atoms with van der Waals surface area (Å²) in [5, 5.41) is 3.38. The summed E-state index contributed by atoms with van der Waals surface area (Å²) in [7, 11) is 0. The van der Waals surface area contributed by atoms with Crippen LogP contribution in [0.15, 0.2) is 18.2 Å². The van der Waals surface area contributed by atoms with E-state index in [1.165, 1.54) is 12.1 Å². The number of halogens is 2. The topological polar surface area (TPSA) is 29.1 Å². The van der Waals surface area contributed by atoms with Gasteiger partial charge in [0.05, 0.1) is 0 Å². The molecule has 2 saturated heterocycles. The lowest BCUT2D eigenvalue weighted by Crippen LogP contribution is -2.29. The van der Waals surface area contributed by atoms with E-state index in [-0.39, 0.29) is 29.7 Å². The third kappa shape index (κ3) is 1.94. The molecule has 18 heavy (non-hydrogen) atoms. The van der Waals surface area contributed by atoms with Crippen LogP contribution in [0.2, 0.25) is 0 Å². The van der Waals surface area contributed by atoms with Crippen molar-refractivity contribution in [2.75, 3.05) is 0 Å². The molecule has 2 aliphatic heterocycles. The van der Waals surface area contributed by atoms with Gasteiger partial charge in [0.25, 0.3) is 0 Å². The molecule has 2 aliphatic rings. The second-order valence-corrected chi connectivity index (χ2v) is 5.25. The number of fused-ring (bicyclic) bond motifs is 2. The highest BCUT2D eigenvalue weighted by atomic mass is 19.2. The van der Waals surface area contributed by atoms with Gasteiger partial charge in [-0.3, -0.25) is 4.79 Å². The maximum atomic E-state index is 13.5. The van der Waals surface area contributed by atoms with Crippen molar-refractivity contribution in [3.05, 3.63) is 35.4 Å². The van der Waals surface area contributed by atoms with Crippen molar-refractivity contribution in [1.29, 1.82) is 0 Å². The summed E-state index contributed by atoms with van der Waals surface area (Å²) in [4.78, 5) is 12.1. The first kappa shape index (κ1) is 11.8. The molecule has 1 aromatic rings. The summed E-state index contributed by atoms with van der Waals surface area (Å²) in [6.07, 6.45) is 3.00. The minimum Gasteiger partial charge on any atom is -0.310 e. The molecule has 2 bridgehead atoms. The Kier molecular flexibility index (Phi) is 2.90. The van der Waals surface area contributed by atoms with Crippen LogP contribution in [0.3, 0.4) is 0 Å². The maximum absolute atomic E-state index is 13.5. The predicted octanol–water partition coefficient (Wildman–Crippen LogP) is 2.22. The van der Waals surface area contributed by atoms with E-state index < -0.39 is 11.6 Å². The highest BCUT2D eigenvalue weighted by Crippen LogP contribution is 2.34. The fraction of sp³-hybridized carbons (Fsp3) is 0.500. The van der Waals surface area contributed by atoms with Crippen LogP contribution in [0.1, 0.15) is 24.8 Å². The molecule has 1 N–H and O–H groups in total. The highest BCUT2D eigenvalue weighted by Gasteiger charge is 2.42. The Morgan fingerprint density at radius 1 is 1.33 bits per heavy atom.